The van der Waals surface area contributed by atoms with Crippen molar-refractivity contribution < 1.29 is 13.2 Å². The average molecular weight is 292 g/mol. The van der Waals surface area contributed by atoms with Crippen LogP contribution < -0.4 is 5.32 Å². The minimum absolute atomic E-state index is 0.00201. The quantitative estimate of drug-likeness (QED) is 0.835. The van der Waals surface area contributed by atoms with Gasteiger partial charge in [-0.15, -0.1) is 0 Å². The van der Waals surface area contributed by atoms with Crippen molar-refractivity contribution >= 4 is 0 Å². The molecule has 0 aromatic heterocycles. The first kappa shape index (κ1) is 16.1. The van der Waals surface area contributed by atoms with Crippen molar-refractivity contribution in [2.45, 2.75) is 64.2 Å². The molecule has 2 atom stereocenters. The van der Waals surface area contributed by atoms with E-state index in [0.717, 1.165) is 38.3 Å². The Morgan fingerprint density at radius 1 is 1.15 bits per heavy atom. The largest absolute Gasteiger partial charge is 0.401 e. The summed E-state index contributed by atoms with van der Waals surface area (Å²) in [5.41, 5.74) is 0. The van der Waals surface area contributed by atoms with Gasteiger partial charge in [-0.1, -0.05) is 20.3 Å². The molecule has 0 bridgehead atoms. The summed E-state index contributed by atoms with van der Waals surface area (Å²) in [4.78, 5) is 2.44. The van der Waals surface area contributed by atoms with Crippen LogP contribution in [0.15, 0.2) is 0 Å². The maximum atomic E-state index is 12.4. The van der Waals surface area contributed by atoms with Crippen molar-refractivity contribution in [3.05, 3.63) is 0 Å². The van der Waals surface area contributed by atoms with Gasteiger partial charge in [0.05, 0.1) is 6.54 Å². The standard InChI is InChI=1S/C15H27F3N2/c1-3-4-12-7-13(19-10-15(16,17)18)9-20(8-12)14-5-11(2)6-14/h11-14,19H,3-10H2,1-2H3. The van der Waals surface area contributed by atoms with E-state index in [2.05, 4.69) is 24.1 Å². The number of halogens is 3. The van der Waals surface area contributed by atoms with Gasteiger partial charge < -0.3 is 5.32 Å². The number of alkyl halides is 3. The van der Waals surface area contributed by atoms with Crippen molar-refractivity contribution in [2.75, 3.05) is 19.6 Å². The van der Waals surface area contributed by atoms with E-state index in [1.165, 1.54) is 12.8 Å². The van der Waals surface area contributed by atoms with E-state index in [9.17, 15) is 13.2 Å². The fourth-order valence-electron chi connectivity index (χ4n) is 3.72. The maximum absolute atomic E-state index is 12.4. The van der Waals surface area contributed by atoms with Crippen LogP contribution in [0.5, 0.6) is 0 Å². The topological polar surface area (TPSA) is 15.3 Å². The predicted octanol–water partition coefficient (Wildman–Crippen LogP) is 3.43. The van der Waals surface area contributed by atoms with Gasteiger partial charge in [-0.25, -0.2) is 0 Å². The molecule has 2 unspecified atom stereocenters. The van der Waals surface area contributed by atoms with E-state index in [-0.39, 0.29) is 6.04 Å². The molecule has 5 heteroatoms. The highest BCUT2D eigenvalue weighted by Crippen LogP contribution is 2.34. The van der Waals surface area contributed by atoms with Crippen molar-refractivity contribution in [3.8, 4) is 0 Å². The fraction of sp³-hybridized carbons (Fsp3) is 1.00. The normalized spacial score (nSPS) is 35.9. The second-order valence-corrected chi connectivity index (χ2v) is 6.77. The molecule has 118 valence electrons. The first-order chi connectivity index (χ1) is 9.37. The molecule has 1 N–H and O–H groups in total. The third-order valence-corrected chi connectivity index (χ3v) is 4.72. The first-order valence-electron chi connectivity index (χ1n) is 7.91. The van der Waals surface area contributed by atoms with Crippen molar-refractivity contribution in [3.63, 3.8) is 0 Å². The predicted molar refractivity (Wildman–Crippen MR) is 74.6 cm³/mol. The molecular weight excluding hydrogens is 265 g/mol. The molecule has 0 aromatic rings. The van der Waals surface area contributed by atoms with Crippen LogP contribution in [0, 0.1) is 11.8 Å². The highest BCUT2D eigenvalue weighted by molar-refractivity contribution is 4.92. The van der Waals surface area contributed by atoms with E-state index in [1.807, 2.05) is 0 Å². The summed E-state index contributed by atoms with van der Waals surface area (Å²) >= 11 is 0. The molecule has 1 aliphatic heterocycles. The molecule has 0 aromatic carbocycles. The maximum Gasteiger partial charge on any atom is 0.401 e. The third kappa shape index (κ3) is 4.62. The highest BCUT2D eigenvalue weighted by atomic mass is 19.4. The third-order valence-electron chi connectivity index (χ3n) is 4.72. The number of hydrogen-bond donors (Lipinski definition) is 1. The molecule has 1 aliphatic carbocycles. The van der Waals surface area contributed by atoms with Crippen LogP contribution >= 0.6 is 0 Å². The summed E-state index contributed by atoms with van der Waals surface area (Å²) in [5.74, 6) is 1.34. The first-order valence-corrected chi connectivity index (χ1v) is 7.91. The van der Waals surface area contributed by atoms with Gasteiger partial charge in [-0.2, -0.15) is 13.2 Å². The Morgan fingerprint density at radius 2 is 1.85 bits per heavy atom. The second kappa shape index (κ2) is 6.65. The van der Waals surface area contributed by atoms with Gasteiger partial charge >= 0.3 is 6.18 Å². The number of rotatable bonds is 5. The summed E-state index contributed by atoms with van der Waals surface area (Å²) in [5, 5.41) is 2.73. The van der Waals surface area contributed by atoms with E-state index < -0.39 is 12.7 Å². The van der Waals surface area contributed by atoms with Gasteiger partial charge in [-0.3, -0.25) is 4.90 Å². The number of piperidine rings is 1. The van der Waals surface area contributed by atoms with Gasteiger partial charge in [-0.05, 0) is 37.5 Å². The molecular formula is C15H27F3N2. The molecule has 0 radical (unpaired) electrons. The Labute approximate surface area is 120 Å². The molecule has 2 nitrogen and oxygen atoms in total. The lowest BCUT2D eigenvalue weighted by atomic mass is 9.78. The van der Waals surface area contributed by atoms with Crippen molar-refractivity contribution in [2.24, 2.45) is 11.8 Å². The van der Waals surface area contributed by atoms with Gasteiger partial charge in [0, 0.05) is 25.2 Å². The lowest BCUT2D eigenvalue weighted by Crippen LogP contribution is -2.56. The number of nitrogens with zero attached hydrogens (tertiary/aromatic N) is 1. The Hall–Kier alpha value is -0.290. The van der Waals surface area contributed by atoms with Crippen LogP contribution in [-0.2, 0) is 0 Å². The monoisotopic (exact) mass is 292 g/mol. The molecule has 1 saturated carbocycles. The average Bonchev–Trinajstić information content (AvgIpc) is 2.32. The Bertz CT molecular complexity index is 300. The second-order valence-electron chi connectivity index (χ2n) is 6.77. The minimum atomic E-state index is -4.10. The highest BCUT2D eigenvalue weighted by Gasteiger charge is 2.37. The lowest BCUT2D eigenvalue weighted by molar-refractivity contribution is -0.127. The lowest BCUT2D eigenvalue weighted by Gasteiger charge is -2.47. The van der Waals surface area contributed by atoms with Gasteiger partial charge in [0.15, 0.2) is 0 Å². The molecule has 0 spiro atoms. The minimum Gasteiger partial charge on any atom is -0.305 e. The van der Waals surface area contributed by atoms with Crippen LogP contribution in [-0.4, -0.2) is 42.8 Å². The summed E-state index contributed by atoms with van der Waals surface area (Å²) in [6, 6.07) is 0.609. The van der Waals surface area contributed by atoms with Crippen LogP contribution in [0.2, 0.25) is 0 Å². The van der Waals surface area contributed by atoms with E-state index in [1.54, 1.807) is 0 Å². The van der Waals surface area contributed by atoms with Crippen molar-refractivity contribution in [1.82, 2.24) is 10.2 Å². The zero-order valence-electron chi connectivity index (χ0n) is 12.5. The Kier molecular flexibility index (Phi) is 5.35. The van der Waals surface area contributed by atoms with Crippen LogP contribution in [0.3, 0.4) is 0 Å². The zero-order chi connectivity index (χ0) is 14.8. The van der Waals surface area contributed by atoms with Gasteiger partial charge in [0.1, 0.15) is 0 Å². The van der Waals surface area contributed by atoms with Crippen LogP contribution in [0.4, 0.5) is 13.2 Å². The molecule has 20 heavy (non-hydrogen) atoms. The number of likely N-dealkylation sites (tertiary alicyclic amines) is 1. The Balaban J connectivity index is 1.87. The summed E-state index contributed by atoms with van der Waals surface area (Å²) in [6.45, 7) is 5.42. The van der Waals surface area contributed by atoms with E-state index in [0.29, 0.717) is 12.0 Å². The fourth-order valence-corrected chi connectivity index (χ4v) is 3.72. The van der Waals surface area contributed by atoms with Crippen molar-refractivity contribution in [1.29, 1.82) is 0 Å². The summed E-state index contributed by atoms with van der Waals surface area (Å²) < 4.78 is 37.1. The molecule has 2 fully saturated rings. The van der Waals surface area contributed by atoms with E-state index in [4.69, 9.17) is 0 Å². The molecule has 1 saturated heterocycles. The SMILES string of the molecule is CCCC1CC(NCC(F)(F)F)CN(C2CC(C)C2)C1. The van der Waals surface area contributed by atoms with Crippen LogP contribution in [0.1, 0.15) is 46.0 Å². The molecule has 2 rings (SSSR count). The summed E-state index contributed by atoms with van der Waals surface area (Å²) in [7, 11) is 0. The van der Waals surface area contributed by atoms with Gasteiger partial charge in [0.2, 0.25) is 0 Å². The molecule has 2 aliphatic rings. The summed E-state index contributed by atoms with van der Waals surface area (Å²) in [6.07, 6.45) is 1.46. The number of hydrogen-bond acceptors (Lipinski definition) is 2. The molecule has 0 amide bonds. The number of nitrogens with one attached hydrogen (secondary N) is 1. The van der Waals surface area contributed by atoms with E-state index >= 15 is 0 Å². The van der Waals surface area contributed by atoms with Crippen LogP contribution in [0.25, 0.3) is 0 Å². The van der Waals surface area contributed by atoms with Gasteiger partial charge in [0.25, 0.3) is 0 Å². The Morgan fingerprint density at radius 3 is 2.40 bits per heavy atom. The smallest absolute Gasteiger partial charge is 0.305 e. The zero-order valence-corrected chi connectivity index (χ0v) is 12.5. The molecule has 1 heterocycles.